The van der Waals surface area contributed by atoms with Gasteiger partial charge >= 0.3 is 0 Å². The van der Waals surface area contributed by atoms with E-state index in [1.54, 1.807) is 18.2 Å². The summed E-state index contributed by atoms with van der Waals surface area (Å²) in [5, 5.41) is 3.26. The van der Waals surface area contributed by atoms with Crippen molar-refractivity contribution in [2.24, 2.45) is 11.1 Å². The van der Waals surface area contributed by atoms with Gasteiger partial charge in [0.1, 0.15) is 0 Å². The van der Waals surface area contributed by atoms with Gasteiger partial charge in [0.15, 0.2) is 0 Å². The van der Waals surface area contributed by atoms with Crippen molar-refractivity contribution < 1.29 is 14.3 Å². The minimum absolute atomic E-state index is 0. The molecule has 0 aliphatic carbocycles. The summed E-state index contributed by atoms with van der Waals surface area (Å²) >= 11 is 6.34. The number of hydrogen-bond acceptors (Lipinski definition) is 4. The largest absolute Gasteiger partial charge is 0.381 e. The second-order valence-electron chi connectivity index (χ2n) is 7.10. The number of likely N-dealkylation sites (tertiary alicyclic amines) is 1. The zero-order valence-corrected chi connectivity index (χ0v) is 16.9. The van der Waals surface area contributed by atoms with Gasteiger partial charge in [0, 0.05) is 38.5 Å². The Morgan fingerprint density at radius 1 is 1.19 bits per heavy atom. The number of nitrogens with one attached hydrogen (secondary N) is 1. The lowest BCUT2D eigenvalue weighted by Crippen LogP contribution is -2.46. The number of nitrogens with zero attached hydrogens (tertiary/aromatic N) is 1. The molecule has 0 radical (unpaired) electrons. The Morgan fingerprint density at radius 3 is 2.44 bits per heavy atom. The third kappa shape index (κ3) is 4.93. The predicted octanol–water partition coefficient (Wildman–Crippen LogP) is 3.08. The number of nitrogens with two attached hydrogens (primary N) is 1. The SMILES string of the molecule is Cl.NCC1(C(=O)Nc2ccc(C(=O)N3CCCCC3)c(Cl)c2)CCOCC1. The summed E-state index contributed by atoms with van der Waals surface area (Å²) in [5.41, 5.74) is 6.33. The van der Waals surface area contributed by atoms with Gasteiger partial charge in [-0.3, -0.25) is 9.59 Å². The second kappa shape index (κ2) is 9.73. The highest BCUT2D eigenvalue weighted by Crippen LogP contribution is 2.32. The summed E-state index contributed by atoms with van der Waals surface area (Å²) in [4.78, 5) is 27.2. The van der Waals surface area contributed by atoms with E-state index in [0.717, 1.165) is 32.4 Å². The zero-order chi connectivity index (χ0) is 18.6. The average molecular weight is 416 g/mol. The summed E-state index contributed by atoms with van der Waals surface area (Å²) in [6, 6.07) is 5.05. The lowest BCUT2D eigenvalue weighted by molar-refractivity contribution is -0.130. The number of piperidine rings is 1. The fourth-order valence-corrected chi connectivity index (χ4v) is 3.84. The molecule has 2 aliphatic rings. The molecular formula is C19H27Cl2N3O3. The molecule has 0 aromatic heterocycles. The van der Waals surface area contributed by atoms with Crippen LogP contribution in [-0.4, -0.2) is 49.6 Å². The van der Waals surface area contributed by atoms with E-state index in [0.29, 0.717) is 42.3 Å². The van der Waals surface area contributed by atoms with Crippen molar-refractivity contribution in [3.63, 3.8) is 0 Å². The molecule has 1 aromatic rings. The van der Waals surface area contributed by atoms with Gasteiger partial charge in [0.2, 0.25) is 5.91 Å². The van der Waals surface area contributed by atoms with E-state index < -0.39 is 5.41 Å². The smallest absolute Gasteiger partial charge is 0.255 e. The molecule has 150 valence electrons. The van der Waals surface area contributed by atoms with E-state index in [1.807, 2.05) is 4.90 Å². The first-order valence-corrected chi connectivity index (χ1v) is 9.62. The van der Waals surface area contributed by atoms with Crippen molar-refractivity contribution in [2.45, 2.75) is 32.1 Å². The molecule has 3 N–H and O–H groups in total. The van der Waals surface area contributed by atoms with Gasteiger partial charge in [0.05, 0.1) is 16.0 Å². The predicted molar refractivity (Wildman–Crippen MR) is 109 cm³/mol. The first kappa shape index (κ1) is 22.0. The number of ether oxygens (including phenoxy) is 1. The van der Waals surface area contributed by atoms with E-state index in [-0.39, 0.29) is 30.8 Å². The molecule has 0 saturated carbocycles. The van der Waals surface area contributed by atoms with Crippen molar-refractivity contribution >= 4 is 41.5 Å². The summed E-state index contributed by atoms with van der Waals surface area (Å²) in [5.74, 6) is -0.162. The highest BCUT2D eigenvalue weighted by molar-refractivity contribution is 6.34. The Balaban J connectivity index is 0.00000261. The molecule has 1 aromatic carbocycles. The van der Waals surface area contributed by atoms with Crippen LogP contribution in [0.5, 0.6) is 0 Å². The Kier molecular flexibility index (Phi) is 7.91. The number of hydrogen-bond donors (Lipinski definition) is 2. The third-order valence-corrected chi connectivity index (χ3v) is 5.74. The van der Waals surface area contributed by atoms with Gasteiger partial charge in [-0.05, 0) is 50.3 Å². The monoisotopic (exact) mass is 415 g/mol. The number of rotatable bonds is 4. The van der Waals surface area contributed by atoms with Crippen molar-refractivity contribution in [3.8, 4) is 0 Å². The van der Waals surface area contributed by atoms with Crippen LogP contribution < -0.4 is 11.1 Å². The van der Waals surface area contributed by atoms with Crippen LogP contribution in [0.3, 0.4) is 0 Å². The number of halogens is 2. The zero-order valence-electron chi connectivity index (χ0n) is 15.3. The fraction of sp³-hybridized carbons (Fsp3) is 0.579. The molecule has 2 fully saturated rings. The topological polar surface area (TPSA) is 84.7 Å². The fourth-order valence-electron chi connectivity index (χ4n) is 3.58. The van der Waals surface area contributed by atoms with Crippen LogP contribution in [0.1, 0.15) is 42.5 Å². The van der Waals surface area contributed by atoms with Gasteiger partial charge in [-0.15, -0.1) is 12.4 Å². The van der Waals surface area contributed by atoms with Crippen LogP contribution in [0, 0.1) is 5.41 Å². The maximum atomic E-state index is 12.7. The summed E-state index contributed by atoms with van der Waals surface area (Å²) < 4.78 is 5.35. The molecule has 2 aliphatic heterocycles. The second-order valence-corrected chi connectivity index (χ2v) is 7.51. The number of carbonyl (C=O) groups is 2. The summed E-state index contributed by atoms with van der Waals surface area (Å²) in [6.07, 6.45) is 4.43. The van der Waals surface area contributed by atoms with Crippen LogP contribution >= 0.6 is 24.0 Å². The van der Waals surface area contributed by atoms with Gasteiger partial charge < -0.3 is 20.7 Å². The van der Waals surface area contributed by atoms with Crippen molar-refractivity contribution in [1.29, 1.82) is 0 Å². The molecule has 8 heteroatoms. The van der Waals surface area contributed by atoms with Gasteiger partial charge in [0.25, 0.3) is 5.91 Å². The van der Waals surface area contributed by atoms with E-state index in [9.17, 15) is 9.59 Å². The lowest BCUT2D eigenvalue weighted by Gasteiger charge is -2.34. The van der Waals surface area contributed by atoms with E-state index >= 15 is 0 Å². The molecule has 2 heterocycles. The quantitative estimate of drug-likeness (QED) is 0.790. The molecule has 3 rings (SSSR count). The molecule has 0 bridgehead atoms. The van der Waals surface area contributed by atoms with Gasteiger partial charge in [-0.2, -0.15) is 0 Å². The molecule has 0 spiro atoms. The van der Waals surface area contributed by atoms with Crippen molar-refractivity contribution in [2.75, 3.05) is 38.2 Å². The summed E-state index contributed by atoms with van der Waals surface area (Å²) in [6.45, 7) is 2.90. The van der Waals surface area contributed by atoms with Gasteiger partial charge in [-0.1, -0.05) is 11.6 Å². The standard InChI is InChI=1S/C19H26ClN3O3.ClH/c20-16-12-14(22-18(25)19(13-21)6-10-26-11-7-19)4-5-15(16)17(24)23-8-2-1-3-9-23;/h4-5,12H,1-3,6-11,13,21H2,(H,22,25);1H. The maximum absolute atomic E-state index is 12.7. The Morgan fingerprint density at radius 2 is 1.85 bits per heavy atom. The van der Waals surface area contributed by atoms with Crippen LogP contribution in [0.4, 0.5) is 5.69 Å². The highest BCUT2D eigenvalue weighted by Gasteiger charge is 2.38. The van der Waals surface area contributed by atoms with Crippen LogP contribution in [0.15, 0.2) is 18.2 Å². The minimum Gasteiger partial charge on any atom is -0.381 e. The van der Waals surface area contributed by atoms with Crippen LogP contribution in [0.25, 0.3) is 0 Å². The van der Waals surface area contributed by atoms with Crippen LogP contribution in [0.2, 0.25) is 5.02 Å². The van der Waals surface area contributed by atoms with E-state index in [4.69, 9.17) is 22.1 Å². The number of amides is 2. The van der Waals surface area contributed by atoms with E-state index in [1.165, 1.54) is 0 Å². The first-order chi connectivity index (χ1) is 12.6. The molecule has 2 amide bonds. The maximum Gasteiger partial charge on any atom is 0.255 e. The third-order valence-electron chi connectivity index (χ3n) is 5.42. The Bertz CT molecular complexity index is 672. The number of carbonyl (C=O) groups excluding carboxylic acids is 2. The van der Waals surface area contributed by atoms with Crippen molar-refractivity contribution in [1.82, 2.24) is 4.90 Å². The van der Waals surface area contributed by atoms with E-state index in [2.05, 4.69) is 5.32 Å². The molecule has 2 saturated heterocycles. The lowest BCUT2D eigenvalue weighted by atomic mass is 9.79. The normalized spacial score (nSPS) is 19.1. The number of benzene rings is 1. The highest BCUT2D eigenvalue weighted by atomic mass is 35.5. The minimum atomic E-state index is -0.604. The van der Waals surface area contributed by atoms with Crippen molar-refractivity contribution in [3.05, 3.63) is 28.8 Å². The average Bonchev–Trinajstić information content (AvgIpc) is 2.68. The molecular weight excluding hydrogens is 389 g/mol. The van der Waals surface area contributed by atoms with Gasteiger partial charge in [-0.25, -0.2) is 0 Å². The molecule has 6 nitrogen and oxygen atoms in total. The molecule has 0 unspecified atom stereocenters. The number of anilines is 1. The summed E-state index contributed by atoms with van der Waals surface area (Å²) in [7, 11) is 0. The Labute approximate surface area is 171 Å². The first-order valence-electron chi connectivity index (χ1n) is 9.24. The molecule has 0 atom stereocenters. The molecule has 27 heavy (non-hydrogen) atoms. The Hall–Kier alpha value is -1.34. The van der Waals surface area contributed by atoms with Crippen LogP contribution in [-0.2, 0) is 9.53 Å².